The van der Waals surface area contributed by atoms with E-state index in [2.05, 4.69) is 18.3 Å². The third-order valence-electron chi connectivity index (χ3n) is 2.77. The fourth-order valence-corrected chi connectivity index (χ4v) is 1.41. The number of carbonyl (C=O) groups is 1. The zero-order valence-corrected chi connectivity index (χ0v) is 7.13. The molecule has 12 heavy (non-hydrogen) atoms. The minimum Gasteiger partial charge on any atom is -0.338 e. The number of hydrogen-bond acceptors (Lipinski definition) is 2. The summed E-state index contributed by atoms with van der Waals surface area (Å²) in [4.78, 5) is 11.4. The largest absolute Gasteiger partial charge is 0.338 e. The van der Waals surface area contributed by atoms with Crippen LogP contribution in [-0.2, 0) is 4.79 Å². The molecule has 0 aromatic carbocycles. The summed E-state index contributed by atoms with van der Waals surface area (Å²) >= 11 is 0. The topological polar surface area (TPSA) is 52.9 Å². The SMILES string of the molecule is CC1CC1C(=O)NC1(C#N)CC1. The van der Waals surface area contributed by atoms with E-state index >= 15 is 0 Å². The van der Waals surface area contributed by atoms with Crippen LogP contribution in [0.2, 0.25) is 0 Å². The number of rotatable bonds is 2. The van der Waals surface area contributed by atoms with Crippen LogP contribution in [0.25, 0.3) is 0 Å². The average Bonchev–Trinajstić information content (AvgIpc) is 2.89. The van der Waals surface area contributed by atoms with E-state index in [9.17, 15) is 4.79 Å². The number of hydrogen-bond donors (Lipinski definition) is 1. The molecule has 1 N–H and O–H groups in total. The summed E-state index contributed by atoms with van der Waals surface area (Å²) in [6, 6.07) is 2.15. The molecule has 2 atom stereocenters. The third-order valence-corrected chi connectivity index (χ3v) is 2.77. The third kappa shape index (κ3) is 1.18. The highest BCUT2D eigenvalue weighted by molar-refractivity contribution is 5.83. The van der Waals surface area contributed by atoms with Gasteiger partial charge in [0.2, 0.25) is 5.91 Å². The zero-order valence-electron chi connectivity index (χ0n) is 7.13. The molecule has 2 aliphatic rings. The van der Waals surface area contributed by atoms with Gasteiger partial charge in [-0.3, -0.25) is 4.79 Å². The highest BCUT2D eigenvalue weighted by atomic mass is 16.2. The van der Waals surface area contributed by atoms with E-state index in [1.54, 1.807) is 0 Å². The summed E-state index contributed by atoms with van der Waals surface area (Å²) in [7, 11) is 0. The molecule has 2 rings (SSSR count). The van der Waals surface area contributed by atoms with Crippen LogP contribution in [0.5, 0.6) is 0 Å². The van der Waals surface area contributed by atoms with E-state index in [-0.39, 0.29) is 11.8 Å². The molecule has 0 spiro atoms. The molecular formula is C9H12N2O. The first-order valence-electron chi connectivity index (χ1n) is 4.40. The van der Waals surface area contributed by atoms with Crippen LogP contribution in [0.4, 0.5) is 0 Å². The van der Waals surface area contributed by atoms with Crippen LogP contribution in [-0.4, -0.2) is 11.4 Å². The van der Waals surface area contributed by atoms with E-state index in [1.807, 2.05) is 0 Å². The van der Waals surface area contributed by atoms with Gasteiger partial charge in [-0.2, -0.15) is 5.26 Å². The van der Waals surface area contributed by atoms with E-state index in [1.165, 1.54) is 0 Å². The Bertz CT molecular complexity index is 262. The summed E-state index contributed by atoms with van der Waals surface area (Å²) in [5, 5.41) is 11.5. The molecule has 2 saturated carbocycles. The summed E-state index contributed by atoms with van der Waals surface area (Å²) in [6.45, 7) is 2.07. The van der Waals surface area contributed by atoms with E-state index in [0.29, 0.717) is 5.92 Å². The van der Waals surface area contributed by atoms with Crippen LogP contribution in [0, 0.1) is 23.2 Å². The lowest BCUT2D eigenvalue weighted by atomic mass is 10.2. The maximum absolute atomic E-state index is 11.4. The Morgan fingerprint density at radius 2 is 2.25 bits per heavy atom. The van der Waals surface area contributed by atoms with E-state index < -0.39 is 5.54 Å². The maximum atomic E-state index is 11.4. The molecule has 0 bridgehead atoms. The molecule has 0 heterocycles. The molecule has 0 aliphatic heterocycles. The number of nitrogens with zero attached hydrogens (tertiary/aromatic N) is 1. The summed E-state index contributed by atoms with van der Waals surface area (Å²) in [5.74, 6) is 0.803. The van der Waals surface area contributed by atoms with Gasteiger partial charge < -0.3 is 5.32 Å². The molecule has 64 valence electrons. The zero-order chi connectivity index (χ0) is 8.77. The van der Waals surface area contributed by atoms with Crippen molar-refractivity contribution in [1.82, 2.24) is 5.32 Å². The van der Waals surface area contributed by atoms with Gasteiger partial charge in [-0.15, -0.1) is 0 Å². The quantitative estimate of drug-likeness (QED) is 0.656. The van der Waals surface area contributed by atoms with Gasteiger partial charge in [-0.1, -0.05) is 6.92 Å². The molecule has 0 aromatic rings. The van der Waals surface area contributed by atoms with Crippen molar-refractivity contribution in [2.75, 3.05) is 0 Å². The minimum absolute atomic E-state index is 0.0848. The lowest BCUT2D eigenvalue weighted by Gasteiger charge is -2.07. The molecule has 3 heteroatoms. The maximum Gasteiger partial charge on any atom is 0.224 e. The Morgan fingerprint density at radius 1 is 1.67 bits per heavy atom. The van der Waals surface area contributed by atoms with Gasteiger partial charge in [-0.05, 0) is 25.2 Å². The Hall–Kier alpha value is -1.04. The highest BCUT2D eigenvalue weighted by Crippen LogP contribution is 2.40. The van der Waals surface area contributed by atoms with Gasteiger partial charge in [0.15, 0.2) is 0 Å². The Balaban J connectivity index is 1.88. The highest BCUT2D eigenvalue weighted by Gasteiger charge is 2.48. The lowest BCUT2D eigenvalue weighted by molar-refractivity contribution is -0.123. The molecule has 0 aromatic heterocycles. The number of nitrogens with one attached hydrogen (secondary N) is 1. The second-order valence-electron chi connectivity index (χ2n) is 4.00. The van der Waals surface area contributed by atoms with E-state index in [4.69, 9.17) is 5.26 Å². The summed E-state index contributed by atoms with van der Waals surface area (Å²) < 4.78 is 0. The van der Waals surface area contributed by atoms with Crippen LogP contribution in [0.15, 0.2) is 0 Å². The fourth-order valence-electron chi connectivity index (χ4n) is 1.41. The van der Waals surface area contributed by atoms with Crippen LogP contribution < -0.4 is 5.32 Å². The first kappa shape index (κ1) is 7.60. The van der Waals surface area contributed by atoms with Crippen molar-refractivity contribution in [3.8, 4) is 6.07 Å². The average molecular weight is 164 g/mol. The summed E-state index contributed by atoms with van der Waals surface area (Å²) in [5.41, 5.74) is -0.473. The molecule has 2 aliphatic carbocycles. The molecule has 0 saturated heterocycles. The number of carbonyl (C=O) groups excluding carboxylic acids is 1. The van der Waals surface area contributed by atoms with Gasteiger partial charge in [-0.25, -0.2) is 0 Å². The van der Waals surface area contributed by atoms with Crippen molar-refractivity contribution in [1.29, 1.82) is 5.26 Å². The second kappa shape index (κ2) is 2.22. The lowest BCUT2D eigenvalue weighted by Crippen LogP contribution is -2.36. The monoisotopic (exact) mass is 164 g/mol. The van der Waals surface area contributed by atoms with Crippen molar-refractivity contribution >= 4 is 5.91 Å². The van der Waals surface area contributed by atoms with Crippen molar-refractivity contribution in [2.45, 2.75) is 31.7 Å². The fraction of sp³-hybridized carbons (Fsp3) is 0.778. The smallest absolute Gasteiger partial charge is 0.224 e. The second-order valence-corrected chi connectivity index (χ2v) is 4.00. The Labute approximate surface area is 71.8 Å². The first-order valence-corrected chi connectivity index (χ1v) is 4.40. The van der Waals surface area contributed by atoms with Crippen LogP contribution >= 0.6 is 0 Å². The first-order chi connectivity index (χ1) is 5.67. The van der Waals surface area contributed by atoms with Crippen molar-refractivity contribution in [3.05, 3.63) is 0 Å². The van der Waals surface area contributed by atoms with Crippen molar-refractivity contribution in [2.24, 2.45) is 11.8 Å². The van der Waals surface area contributed by atoms with Crippen LogP contribution in [0.3, 0.4) is 0 Å². The van der Waals surface area contributed by atoms with Gasteiger partial charge in [0.05, 0.1) is 6.07 Å². The number of amides is 1. The predicted molar refractivity (Wildman–Crippen MR) is 43.0 cm³/mol. The predicted octanol–water partition coefficient (Wildman–Crippen LogP) is 0.815. The molecular weight excluding hydrogens is 152 g/mol. The number of nitriles is 1. The molecule has 2 unspecified atom stereocenters. The van der Waals surface area contributed by atoms with E-state index in [0.717, 1.165) is 19.3 Å². The standard InChI is InChI=1S/C9H12N2O/c1-6-4-7(6)8(12)11-9(5-10)2-3-9/h6-7H,2-4H2,1H3,(H,11,12). The Morgan fingerprint density at radius 3 is 2.58 bits per heavy atom. The normalized spacial score (nSPS) is 35.0. The molecule has 0 radical (unpaired) electrons. The molecule has 1 amide bonds. The van der Waals surface area contributed by atoms with Gasteiger partial charge in [0, 0.05) is 5.92 Å². The van der Waals surface area contributed by atoms with Gasteiger partial charge in [0.25, 0.3) is 0 Å². The van der Waals surface area contributed by atoms with Crippen molar-refractivity contribution in [3.63, 3.8) is 0 Å². The summed E-state index contributed by atoms with van der Waals surface area (Å²) in [6.07, 6.45) is 2.65. The van der Waals surface area contributed by atoms with Crippen LogP contribution in [0.1, 0.15) is 26.2 Å². The minimum atomic E-state index is -0.473. The van der Waals surface area contributed by atoms with Crippen molar-refractivity contribution < 1.29 is 4.79 Å². The molecule has 3 nitrogen and oxygen atoms in total. The van der Waals surface area contributed by atoms with Gasteiger partial charge >= 0.3 is 0 Å². The molecule has 2 fully saturated rings. The van der Waals surface area contributed by atoms with Gasteiger partial charge in [0.1, 0.15) is 5.54 Å². The Kier molecular flexibility index (Phi) is 1.41.